The summed E-state index contributed by atoms with van der Waals surface area (Å²) < 4.78 is 0.868. The maximum Gasteiger partial charge on any atom is 0.203 e. The first kappa shape index (κ1) is 15.9. The van der Waals surface area contributed by atoms with E-state index < -0.39 is 0 Å². The molecule has 5 nitrogen and oxygen atoms in total. The summed E-state index contributed by atoms with van der Waals surface area (Å²) in [5, 5.41) is 13.6. The first-order valence-electron chi connectivity index (χ1n) is 5.82. The Balaban J connectivity index is 0.00000161. The lowest BCUT2D eigenvalue weighted by atomic mass is 10.2. The summed E-state index contributed by atoms with van der Waals surface area (Å²) in [6.07, 6.45) is 3.33. The quantitative estimate of drug-likeness (QED) is 0.480. The Morgan fingerprint density at radius 2 is 2.10 bits per heavy atom. The Morgan fingerprint density at radius 1 is 1.29 bits per heavy atom. The summed E-state index contributed by atoms with van der Waals surface area (Å²) in [5.74, 6) is 0. The van der Waals surface area contributed by atoms with Crippen LogP contribution in [0.3, 0.4) is 0 Å². The van der Waals surface area contributed by atoms with Gasteiger partial charge < -0.3 is 0 Å². The number of halogens is 2. The third-order valence-electron chi connectivity index (χ3n) is 2.55. The smallest absolute Gasteiger partial charge is 0.203 e. The summed E-state index contributed by atoms with van der Waals surface area (Å²) in [6, 6.07) is 10.0. The minimum absolute atomic E-state index is 0. The van der Waals surface area contributed by atoms with Crippen molar-refractivity contribution in [2.24, 2.45) is 5.10 Å². The van der Waals surface area contributed by atoms with Crippen LogP contribution in [0.1, 0.15) is 5.69 Å². The average Bonchev–Trinajstić information content (AvgIpc) is 3.10. The molecule has 2 aromatic heterocycles. The van der Waals surface area contributed by atoms with Crippen LogP contribution in [-0.4, -0.2) is 21.4 Å². The van der Waals surface area contributed by atoms with Crippen molar-refractivity contribution in [3.8, 4) is 11.3 Å². The molecule has 8 heteroatoms. The zero-order chi connectivity index (χ0) is 13.8. The maximum absolute atomic E-state index is 4.48. The van der Waals surface area contributed by atoms with Crippen molar-refractivity contribution in [2.75, 3.05) is 5.43 Å². The minimum atomic E-state index is 0. The van der Waals surface area contributed by atoms with Crippen LogP contribution in [0.2, 0.25) is 0 Å². The lowest BCUT2D eigenvalue weighted by Gasteiger charge is -1.95. The number of thiazole rings is 1. The van der Waals surface area contributed by atoms with E-state index in [0.717, 1.165) is 26.6 Å². The van der Waals surface area contributed by atoms with E-state index in [0.29, 0.717) is 0 Å². The fraction of sp³-hybridized carbons (Fsp3) is 0. The van der Waals surface area contributed by atoms with Gasteiger partial charge in [0.1, 0.15) is 0 Å². The zero-order valence-corrected chi connectivity index (χ0v) is 14.8. The first-order chi connectivity index (χ1) is 9.83. The molecule has 0 radical (unpaired) electrons. The lowest BCUT2D eigenvalue weighted by molar-refractivity contribution is 1.08. The van der Waals surface area contributed by atoms with E-state index in [2.05, 4.69) is 41.6 Å². The van der Waals surface area contributed by atoms with Gasteiger partial charge in [-0.05, 0) is 15.9 Å². The lowest BCUT2D eigenvalue weighted by Crippen LogP contribution is -1.91. The van der Waals surface area contributed by atoms with Crippen molar-refractivity contribution in [3.63, 3.8) is 0 Å². The molecule has 0 aliphatic rings. The van der Waals surface area contributed by atoms with E-state index in [9.17, 15) is 0 Å². The van der Waals surface area contributed by atoms with Gasteiger partial charge >= 0.3 is 0 Å². The number of benzene rings is 1. The average molecular weight is 429 g/mol. The number of nitrogens with zero attached hydrogens (tertiary/aromatic N) is 3. The molecule has 0 atom stereocenters. The Morgan fingerprint density at radius 3 is 2.81 bits per heavy atom. The van der Waals surface area contributed by atoms with Gasteiger partial charge in [-0.3, -0.25) is 10.5 Å². The Bertz CT molecular complexity index is 723. The number of hydrogen-bond acceptors (Lipinski definition) is 5. The molecule has 0 saturated carbocycles. The van der Waals surface area contributed by atoms with Gasteiger partial charge in [0, 0.05) is 10.9 Å². The van der Waals surface area contributed by atoms with Crippen molar-refractivity contribution in [1.82, 2.24) is 15.2 Å². The molecule has 108 valence electrons. The van der Waals surface area contributed by atoms with Crippen LogP contribution in [0.15, 0.2) is 51.5 Å². The molecule has 0 unspecified atom stereocenters. The van der Waals surface area contributed by atoms with E-state index in [4.69, 9.17) is 0 Å². The maximum atomic E-state index is 4.48. The van der Waals surface area contributed by atoms with E-state index in [1.165, 1.54) is 11.3 Å². The summed E-state index contributed by atoms with van der Waals surface area (Å²) in [4.78, 5) is 4.48. The normalized spacial score (nSPS) is 10.5. The standard InChI is InChI=1S/C13H10BrN5S.BrH/c14-10-6-15-18-11(10)7-16-19-13-17-12(8-20-13)9-4-2-1-3-5-9;/h1-8H,(H,15,18)(H,17,19);1H. The van der Waals surface area contributed by atoms with Gasteiger partial charge in [-0.15, -0.1) is 28.3 Å². The van der Waals surface area contributed by atoms with Crippen LogP contribution in [0.4, 0.5) is 5.13 Å². The minimum Gasteiger partial charge on any atom is -0.276 e. The van der Waals surface area contributed by atoms with Crippen LogP contribution in [0, 0.1) is 0 Å². The highest BCUT2D eigenvalue weighted by Crippen LogP contribution is 2.24. The van der Waals surface area contributed by atoms with Gasteiger partial charge in [-0.25, -0.2) is 4.98 Å². The second-order valence-corrected chi connectivity index (χ2v) is 5.62. The van der Waals surface area contributed by atoms with Gasteiger partial charge in [0.05, 0.1) is 28.3 Å². The summed E-state index contributed by atoms with van der Waals surface area (Å²) in [6.45, 7) is 0. The van der Waals surface area contributed by atoms with Crippen molar-refractivity contribution in [2.45, 2.75) is 0 Å². The van der Waals surface area contributed by atoms with Gasteiger partial charge in [-0.2, -0.15) is 10.2 Å². The molecule has 3 aromatic rings. The van der Waals surface area contributed by atoms with Crippen molar-refractivity contribution >= 4 is 55.6 Å². The molecule has 0 saturated heterocycles. The van der Waals surface area contributed by atoms with Crippen molar-refractivity contribution in [1.29, 1.82) is 0 Å². The van der Waals surface area contributed by atoms with Crippen LogP contribution in [0.25, 0.3) is 11.3 Å². The molecule has 0 spiro atoms. The van der Waals surface area contributed by atoms with E-state index in [1.807, 2.05) is 35.7 Å². The number of H-pyrrole nitrogens is 1. The summed E-state index contributed by atoms with van der Waals surface area (Å²) in [7, 11) is 0. The molecule has 0 aliphatic carbocycles. The third kappa shape index (κ3) is 3.99. The molecule has 21 heavy (non-hydrogen) atoms. The number of rotatable bonds is 4. The zero-order valence-electron chi connectivity index (χ0n) is 10.7. The fourth-order valence-corrected chi connectivity index (χ4v) is 2.55. The fourth-order valence-electron chi connectivity index (χ4n) is 1.59. The Hall–Kier alpha value is -1.51. The largest absolute Gasteiger partial charge is 0.276 e. The van der Waals surface area contributed by atoms with E-state index in [-0.39, 0.29) is 17.0 Å². The Kier molecular flexibility index (Phi) is 5.66. The highest BCUT2D eigenvalue weighted by Gasteiger charge is 2.03. The molecule has 0 amide bonds. The van der Waals surface area contributed by atoms with Gasteiger partial charge in [0.2, 0.25) is 5.13 Å². The van der Waals surface area contributed by atoms with Gasteiger partial charge in [0.15, 0.2) is 0 Å². The molecule has 0 fully saturated rings. The molecule has 3 rings (SSSR count). The molecule has 2 heterocycles. The number of anilines is 1. The third-order valence-corrected chi connectivity index (χ3v) is 3.93. The number of hydrazone groups is 1. The van der Waals surface area contributed by atoms with Crippen molar-refractivity contribution < 1.29 is 0 Å². The van der Waals surface area contributed by atoms with Crippen LogP contribution >= 0.6 is 44.2 Å². The Labute approximate surface area is 144 Å². The van der Waals surface area contributed by atoms with Crippen LogP contribution in [-0.2, 0) is 0 Å². The second-order valence-electron chi connectivity index (χ2n) is 3.91. The highest BCUT2D eigenvalue weighted by molar-refractivity contribution is 9.10. The summed E-state index contributed by atoms with van der Waals surface area (Å²) in [5.41, 5.74) is 5.75. The van der Waals surface area contributed by atoms with Gasteiger partial charge in [0.25, 0.3) is 0 Å². The SMILES string of the molecule is Br.Brc1cn[nH]c1C=NNc1nc(-c2ccccc2)cs1. The predicted octanol–water partition coefficient (Wildman–Crippen LogP) is 4.32. The second kappa shape index (κ2) is 7.48. The molecule has 0 bridgehead atoms. The van der Waals surface area contributed by atoms with Crippen LogP contribution in [0.5, 0.6) is 0 Å². The molecular weight excluding hydrogens is 418 g/mol. The van der Waals surface area contributed by atoms with Gasteiger partial charge in [-0.1, -0.05) is 30.3 Å². The number of hydrogen-bond donors (Lipinski definition) is 2. The van der Waals surface area contributed by atoms with E-state index in [1.54, 1.807) is 12.4 Å². The molecule has 0 aliphatic heterocycles. The summed E-state index contributed by atoms with van der Waals surface area (Å²) >= 11 is 4.87. The van der Waals surface area contributed by atoms with E-state index >= 15 is 0 Å². The number of aromatic amines is 1. The molecule has 1 aromatic carbocycles. The molecule has 2 N–H and O–H groups in total. The number of aromatic nitrogens is 3. The monoisotopic (exact) mass is 427 g/mol. The first-order valence-corrected chi connectivity index (χ1v) is 7.49. The highest BCUT2D eigenvalue weighted by atomic mass is 79.9. The predicted molar refractivity (Wildman–Crippen MR) is 95.4 cm³/mol. The molecular formula is C13H11Br2N5S. The topological polar surface area (TPSA) is 66.0 Å². The van der Waals surface area contributed by atoms with Crippen molar-refractivity contribution in [3.05, 3.63) is 52.1 Å². The van der Waals surface area contributed by atoms with Crippen LogP contribution < -0.4 is 5.43 Å². The number of nitrogens with one attached hydrogen (secondary N) is 2.